The Morgan fingerprint density at radius 3 is 0.733 bits per heavy atom. The average molecular weight is 395 g/mol. The minimum absolute atomic E-state index is 0. The maximum atomic E-state index is 8.77. The molecule has 0 heterocycles. The van der Waals surface area contributed by atoms with Crippen LogP contribution in [0.3, 0.4) is 0 Å². The molecule has 0 aromatic heterocycles. The molecule has 0 saturated heterocycles. The maximum Gasteiger partial charge on any atom is 2.00 e. The maximum absolute atomic E-state index is 8.77. The summed E-state index contributed by atoms with van der Waals surface area (Å²) in [6, 6.07) is 0. The zero-order valence-electron chi connectivity index (χ0n) is 7.31. The third-order valence-corrected chi connectivity index (χ3v) is 0. The zero-order chi connectivity index (χ0) is 4.50. The number of hydrogen-bond acceptors (Lipinski definition) is 3. The number of rotatable bonds is 0. The quantitative estimate of drug-likeness (QED) is 0.297. The van der Waals surface area contributed by atoms with Crippen LogP contribution in [0.25, 0.3) is 0 Å². The summed E-state index contributed by atoms with van der Waals surface area (Å²) in [6.07, 6.45) is 0. The predicted octanol–water partition coefficient (Wildman–Crippen LogP) is -8.72. The van der Waals surface area contributed by atoms with Gasteiger partial charge in [-0.1, -0.05) is 0 Å². The van der Waals surface area contributed by atoms with Gasteiger partial charge in [0.05, 0.1) is 0 Å². The van der Waals surface area contributed by atoms with E-state index in [0.29, 0.717) is 0 Å². The van der Waals surface area contributed by atoms with Crippen molar-refractivity contribution in [2.24, 2.45) is 0 Å². The molecule has 19 N–H and O–H groups in total. The second-order valence-electron chi connectivity index (χ2n) is 0.491. The summed E-state index contributed by atoms with van der Waals surface area (Å²) in [5.74, 6) is 0. The van der Waals surface area contributed by atoms with Crippen molar-refractivity contribution in [1.29, 1.82) is 0 Å². The summed E-state index contributed by atoms with van der Waals surface area (Å²) in [7, 11) is -4.89. The molecule has 0 fully saturated rings. The Hall–Kier alpha value is 1.32. The molecule has 0 aliphatic carbocycles. The van der Waals surface area contributed by atoms with Crippen molar-refractivity contribution in [1.82, 2.24) is 0 Å². The molecule has 0 aromatic carbocycles. The molecule has 104 valence electrons. The van der Waals surface area contributed by atoms with Crippen LogP contribution < -0.4 is 4.89 Å². The normalized spacial score (nSPS) is 3.93. The monoisotopic (exact) mass is 396 g/mol. The Morgan fingerprint density at radius 2 is 0.733 bits per heavy atom. The summed E-state index contributed by atoms with van der Waals surface area (Å²) in [4.78, 5) is 22.9. The van der Waals surface area contributed by atoms with E-state index in [1.54, 1.807) is 0 Å². The zero-order valence-corrected chi connectivity index (χ0v) is 12.6. The topological polar surface area (TPSA) is 363 Å². The molecule has 15 heavy (non-hydrogen) atoms. The van der Waals surface area contributed by atoms with Gasteiger partial charge in [0.2, 0.25) is 0 Å². The molecular weight excluding hydrogens is 376 g/mol. The second kappa shape index (κ2) is 58.6. The van der Waals surface area contributed by atoms with Gasteiger partial charge in [-0.05, 0) is 0 Å². The van der Waals surface area contributed by atoms with Gasteiger partial charge < -0.3 is 64.0 Å². The SMILES string of the molecule is O.O.O.O.O.O.O.O.O=P([O-])(O)O.[Ba+2].[OH-]. The van der Waals surface area contributed by atoms with E-state index in [2.05, 4.69) is 0 Å². The molecule has 0 radical (unpaired) electrons. The van der Waals surface area contributed by atoms with Crippen LogP contribution in [0.1, 0.15) is 0 Å². The Balaban J connectivity index is -0.00000000178. The Labute approximate surface area is 124 Å². The summed E-state index contributed by atoms with van der Waals surface area (Å²) in [6.45, 7) is 0. The Kier molecular flexibility index (Phi) is 529. The molecule has 0 aromatic rings. The number of phosphoric acid groups is 1. The molecule has 0 bridgehead atoms. The van der Waals surface area contributed by atoms with Crippen LogP contribution in [0, 0.1) is 0 Å². The molecule has 0 amide bonds. The van der Waals surface area contributed by atoms with Crippen molar-refractivity contribution in [3.8, 4) is 0 Å². The summed E-state index contributed by atoms with van der Waals surface area (Å²) < 4.78 is 8.77. The van der Waals surface area contributed by atoms with Crippen molar-refractivity contribution in [2.45, 2.75) is 0 Å². The van der Waals surface area contributed by atoms with E-state index in [1.165, 1.54) is 0 Å². The first-order valence-corrected chi connectivity index (χ1v) is 2.30. The largest absolute Gasteiger partial charge is 2.00 e. The van der Waals surface area contributed by atoms with Gasteiger partial charge in [-0.3, -0.25) is 4.57 Å². The van der Waals surface area contributed by atoms with Crippen LogP contribution >= 0.6 is 7.82 Å². The van der Waals surface area contributed by atoms with Crippen LogP contribution in [-0.4, -0.2) is 108 Å². The van der Waals surface area contributed by atoms with Gasteiger partial charge in [-0.25, -0.2) is 0 Å². The van der Waals surface area contributed by atoms with Crippen LogP contribution in [0.2, 0.25) is 0 Å². The molecule has 0 saturated carbocycles. The molecular formula is H19BaO13P. The first kappa shape index (κ1) is 135. The fourth-order valence-corrected chi connectivity index (χ4v) is 0. The summed E-state index contributed by atoms with van der Waals surface area (Å²) >= 11 is 0. The standard InChI is InChI=1S/Ba.H3O4P.9H2O/c;1-5(2,3)4;;;;;;;;;/h;(H3,1,2,3,4);9*1H2/q+2;;;;;;;;;;/p-2. The van der Waals surface area contributed by atoms with Crippen molar-refractivity contribution >= 4 is 56.7 Å². The fourth-order valence-electron chi connectivity index (χ4n) is 0. The van der Waals surface area contributed by atoms with Crippen LogP contribution in [-0.2, 0) is 4.57 Å². The van der Waals surface area contributed by atoms with Crippen molar-refractivity contribution in [3.05, 3.63) is 0 Å². The van der Waals surface area contributed by atoms with Gasteiger partial charge in [-0.2, -0.15) is 0 Å². The average Bonchev–Trinajstić information content (AvgIpc) is 0.722. The predicted molar refractivity (Wildman–Crippen MR) is 48.6 cm³/mol. The minimum Gasteiger partial charge on any atom is -0.870 e. The van der Waals surface area contributed by atoms with Gasteiger partial charge in [0.15, 0.2) is 0 Å². The third-order valence-electron chi connectivity index (χ3n) is 0. The fraction of sp³-hybridized carbons (Fsp3) is 0. The van der Waals surface area contributed by atoms with Crippen molar-refractivity contribution < 1.29 is 68.5 Å². The number of hydrogen-bond donors (Lipinski definition) is 2. The van der Waals surface area contributed by atoms with Crippen molar-refractivity contribution in [2.75, 3.05) is 0 Å². The van der Waals surface area contributed by atoms with E-state index in [1.807, 2.05) is 0 Å². The molecule has 0 unspecified atom stereocenters. The molecule has 0 spiro atoms. The van der Waals surface area contributed by atoms with E-state index in [0.717, 1.165) is 0 Å². The van der Waals surface area contributed by atoms with Crippen LogP contribution in [0.15, 0.2) is 0 Å². The first-order valence-electron chi connectivity index (χ1n) is 0.765. The van der Waals surface area contributed by atoms with E-state index in [4.69, 9.17) is 19.2 Å². The smallest absolute Gasteiger partial charge is 0.870 e. The summed E-state index contributed by atoms with van der Waals surface area (Å²) in [5, 5.41) is 0. The molecule has 0 atom stereocenters. The van der Waals surface area contributed by atoms with Gasteiger partial charge in [0.1, 0.15) is 0 Å². The first-order chi connectivity index (χ1) is 2.00. The van der Waals surface area contributed by atoms with Crippen LogP contribution in [0.4, 0.5) is 0 Å². The van der Waals surface area contributed by atoms with Gasteiger partial charge in [0, 0.05) is 0 Å². The van der Waals surface area contributed by atoms with Gasteiger partial charge >= 0.3 is 48.9 Å². The Bertz CT molecular complexity index is 56.7. The second-order valence-corrected chi connectivity index (χ2v) is 1.47. The van der Waals surface area contributed by atoms with Gasteiger partial charge in [0.25, 0.3) is 7.82 Å². The van der Waals surface area contributed by atoms with Crippen LogP contribution in [0.5, 0.6) is 0 Å². The molecule has 0 rings (SSSR count). The van der Waals surface area contributed by atoms with Crippen molar-refractivity contribution in [3.63, 3.8) is 0 Å². The van der Waals surface area contributed by atoms with E-state index >= 15 is 0 Å². The Morgan fingerprint density at radius 1 is 0.733 bits per heavy atom. The van der Waals surface area contributed by atoms with E-state index in [-0.39, 0.29) is 98.2 Å². The molecule has 0 aliphatic heterocycles. The summed E-state index contributed by atoms with van der Waals surface area (Å²) in [5.41, 5.74) is 0. The molecule has 15 heteroatoms. The third kappa shape index (κ3) is 1560. The van der Waals surface area contributed by atoms with Gasteiger partial charge in [-0.15, -0.1) is 0 Å². The van der Waals surface area contributed by atoms with E-state index < -0.39 is 7.82 Å². The molecule has 0 aliphatic rings. The minimum atomic E-state index is -4.89. The molecule has 13 nitrogen and oxygen atoms in total. The van der Waals surface area contributed by atoms with E-state index in [9.17, 15) is 0 Å².